The minimum Gasteiger partial charge on any atom is -0.481 e. The molecule has 1 saturated heterocycles. The third kappa shape index (κ3) is 8.30. The molecular formula is C29H31F4N3O7. The van der Waals surface area contributed by atoms with Gasteiger partial charge in [0, 0.05) is 24.8 Å². The van der Waals surface area contributed by atoms with E-state index in [9.17, 15) is 46.6 Å². The van der Waals surface area contributed by atoms with Gasteiger partial charge in [0.05, 0.1) is 12.3 Å². The van der Waals surface area contributed by atoms with Gasteiger partial charge in [-0.2, -0.15) is 8.78 Å². The number of benzene rings is 2. The van der Waals surface area contributed by atoms with Crippen molar-refractivity contribution in [2.24, 2.45) is 5.92 Å². The normalized spacial score (nSPS) is 15.8. The summed E-state index contributed by atoms with van der Waals surface area (Å²) in [6.07, 6.45) is -0.380. The van der Waals surface area contributed by atoms with Crippen LogP contribution in [-0.4, -0.2) is 65.2 Å². The highest BCUT2D eigenvalue weighted by Crippen LogP contribution is 2.30. The molecule has 3 rings (SSSR count). The van der Waals surface area contributed by atoms with Gasteiger partial charge in [-0.1, -0.05) is 39.0 Å². The maximum absolute atomic E-state index is 13.9. The molecule has 0 radical (unpaired) electrons. The van der Waals surface area contributed by atoms with Crippen molar-refractivity contribution >= 4 is 35.2 Å². The summed E-state index contributed by atoms with van der Waals surface area (Å²) in [4.78, 5) is 63.9. The molecule has 0 aromatic heterocycles. The first-order valence-electron chi connectivity index (χ1n) is 13.3. The Balaban J connectivity index is 1.66. The van der Waals surface area contributed by atoms with Crippen molar-refractivity contribution in [1.29, 1.82) is 0 Å². The molecule has 14 heteroatoms. The van der Waals surface area contributed by atoms with Crippen LogP contribution in [0.5, 0.6) is 5.75 Å². The number of aliphatic carboxylic acids is 1. The standard InChI is InChI=1S/C29H31F4N3O7/c1-29(2,3)16-8-4-5-9-19(16)34-27(41)28(42)36-10-6-7-15(13-36)26(40)35-20(12-22(38)39)21(37)14-43-25-23(32)17(30)11-18(31)24(25)33/h4-5,8-9,11,15,20H,6-7,10,12-14H2,1-3H3,(H,34,41)(H,35,40)(H,38,39)/t15-,20+/m1/s1. The Hall–Kier alpha value is -4.49. The summed E-state index contributed by atoms with van der Waals surface area (Å²) < 4.78 is 59.2. The summed E-state index contributed by atoms with van der Waals surface area (Å²) in [5, 5.41) is 14.1. The Morgan fingerprint density at radius 2 is 1.67 bits per heavy atom. The lowest BCUT2D eigenvalue weighted by atomic mass is 9.86. The highest BCUT2D eigenvalue weighted by molar-refractivity contribution is 6.39. The van der Waals surface area contributed by atoms with Crippen molar-refractivity contribution in [2.45, 2.75) is 51.5 Å². The monoisotopic (exact) mass is 609 g/mol. The van der Waals surface area contributed by atoms with Crippen molar-refractivity contribution in [1.82, 2.24) is 10.2 Å². The number of piperidine rings is 1. The molecule has 1 aliphatic rings. The van der Waals surface area contributed by atoms with E-state index in [0.717, 1.165) is 5.56 Å². The molecule has 0 spiro atoms. The molecule has 0 unspecified atom stereocenters. The molecule has 43 heavy (non-hydrogen) atoms. The summed E-state index contributed by atoms with van der Waals surface area (Å²) in [7, 11) is 0. The van der Waals surface area contributed by atoms with Crippen LogP contribution in [0.1, 0.15) is 45.6 Å². The van der Waals surface area contributed by atoms with E-state index in [1.54, 1.807) is 18.2 Å². The van der Waals surface area contributed by atoms with Crippen molar-refractivity contribution in [3.8, 4) is 5.75 Å². The smallest absolute Gasteiger partial charge is 0.313 e. The van der Waals surface area contributed by atoms with Crippen LogP contribution in [-0.2, 0) is 29.4 Å². The van der Waals surface area contributed by atoms with Crippen molar-refractivity contribution in [2.75, 3.05) is 25.0 Å². The molecule has 2 aromatic rings. The van der Waals surface area contributed by atoms with Crippen LogP contribution < -0.4 is 15.4 Å². The number of ether oxygens (including phenoxy) is 1. The summed E-state index contributed by atoms with van der Waals surface area (Å²) in [5.41, 5.74) is 0.933. The zero-order valence-corrected chi connectivity index (χ0v) is 23.6. The number of hydrogen-bond acceptors (Lipinski definition) is 6. The second kappa shape index (κ2) is 13.7. The number of amides is 3. The van der Waals surface area contributed by atoms with Gasteiger partial charge < -0.3 is 25.4 Å². The number of ketones is 1. The van der Waals surface area contributed by atoms with Gasteiger partial charge in [0.25, 0.3) is 0 Å². The Morgan fingerprint density at radius 3 is 2.28 bits per heavy atom. The van der Waals surface area contributed by atoms with Gasteiger partial charge >= 0.3 is 17.8 Å². The molecule has 3 N–H and O–H groups in total. The molecule has 2 atom stereocenters. The van der Waals surface area contributed by atoms with Gasteiger partial charge in [-0.05, 0) is 29.9 Å². The predicted octanol–water partition coefficient (Wildman–Crippen LogP) is 3.33. The molecule has 10 nitrogen and oxygen atoms in total. The number of likely N-dealkylation sites (tertiary alicyclic amines) is 1. The number of carboxylic acid groups (broad SMARTS) is 1. The Morgan fingerprint density at radius 1 is 1.05 bits per heavy atom. The molecular weight excluding hydrogens is 578 g/mol. The van der Waals surface area contributed by atoms with Crippen LogP contribution >= 0.6 is 0 Å². The topological polar surface area (TPSA) is 142 Å². The van der Waals surface area contributed by atoms with Gasteiger partial charge in [-0.15, -0.1) is 0 Å². The van der Waals surface area contributed by atoms with E-state index >= 15 is 0 Å². The summed E-state index contributed by atoms with van der Waals surface area (Å²) >= 11 is 0. The quantitative estimate of drug-likeness (QED) is 0.225. The van der Waals surface area contributed by atoms with Crippen LogP contribution in [0.15, 0.2) is 30.3 Å². The maximum atomic E-state index is 13.9. The van der Waals surface area contributed by atoms with Gasteiger partial charge in [0.2, 0.25) is 17.5 Å². The van der Waals surface area contributed by atoms with E-state index in [0.29, 0.717) is 12.1 Å². The Kier molecular flexibility index (Phi) is 10.5. The molecule has 1 fully saturated rings. The van der Waals surface area contributed by atoms with E-state index in [4.69, 9.17) is 0 Å². The zero-order valence-electron chi connectivity index (χ0n) is 23.6. The van der Waals surface area contributed by atoms with Crippen LogP contribution in [0.3, 0.4) is 0 Å². The van der Waals surface area contributed by atoms with Gasteiger partial charge in [0.1, 0.15) is 12.6 Å². The number of carbonyl (C=O) groups is 5. The van der Waals surface area contributed by atoms with Crippen molar-refractivity contribution in [3.05, 3.63) is 59.2 Å². The maximum Gasteiger partial charge on any atom is 0.313 e. The van der Waals surface area contributed by atoms with Gasteiger partial charge in [0.15, 0.2) is 23.2 Å². The molecule has 2 aromatic carbocycles. The number of nitrogens with one attached hydrogen (secondary N) is 2. The molecule has 232 valence electrons. The number of anilines is 1. The number of halogens is 4. The van der Waals surface area contributed by atoms with E-state index in [1.807, 2.05) is 26.8 Å². The van der Waals surface area contributed by atoms with Crippen molar-refractivity contribution < 1.29 is 51.4 Å². The first-order valence-corrected chi connectivity index (χ1v) is 13.3. The fourth-order valence-electron chi connectivity index (χ4n) is 4.57. The summed E-state index contributed by atoms with van der Waals surface area (Å²) in [6, 6.07) is 5.20. The fraction of sp³-hybridized carbons (Fsp3) is 0.414. The number of hydrogen-bond donors (Lipinski definition) is 3. The third-order valence-electron chi connectivity index (χ3n) is 6.77. The fourth-order valence-corrected chi connectivity index (χ4v) is 4.57. The zero-order chi connectivity index (χ0) is 32.1. The SMILES string of the molecule is CC(C)(C)c1ccccc1NC(=O)C(=O)N1CCC[C@@H](C(=O)N[C@@H](CC(=O)O)C(=O)COc2c(F)c(F)cc(F)c2F)C1. The first kappa shape index (κ1) is 33.0. The highest BCUT2D eigenvalue weighted by Gasteiger charge is 2.34. The minimum atomic E-state index is -1.90. The second-order valence-corrected chi connectivity index (χ2v) is 11.1. The van der Waals surface area contributed by atoms with Crippen LogP contribution in [0, 0.1) is 29.2 Å². The molecule has 0 bridgehead atoms. The molecule has 1 aliphatic heterocycles. The number of Topliss-reactive ketones (excluding diaryl/α,β-unsaturated/α-hetero) is 1. The number of carbonyl (C=O) groups excluding carboxylic acids is 4. The molecule has 0 aliphatic carbocycles. The van der Waals surface area contributed by atoms with Gasteiger partial charge in [-0.25, -0.2) is 8.78 Å². The van der Waals surface area contributed by atoms with E-state index in [2.05, 4.69) is 15.4 Å². The predicted molar refractivity (Wildman–Crippen MR) is 144 cm³/mol. The number of para-hydroxylation sites is 1. The average molecular weight is 610 g/mol. The Bertz CT molecular complexity index is 1400. The van der Waals surface area contributed by atoms with Crippen LogP contribution in [0.4, 0.5) is 23.2 Å². The van der Waals surface area contributed by atoms with Gasteiger partial charge in [-0.3, -0.25) is 24.0 Å². The lowest BCUT2D eigenvalue weighted by Gasteiger charge is -2.32. The molecule has 1 heterocycles. The summed E-state index contributed by atoms with van der Waals surface area (Å²) in [5.74, 6) is -15.1. The van der Waals surface area contributed by atoms with Crippen LogP contribution in [0.2, 0.25) is 0 Å². The number of nitrogens with zero attached hydrogens (tertiary/aromatic N) is 1. The van der Waals surface area contributed by atoms with E-state index in [1.165, 1.54) is 4.90 Å². The lowest BCUT2D eigenvalue weighted by Crippen LogP contribution is -2.52. The highest BCUT2D eigenvalue weighted by atomic mass is 19.2. The van der Waals surface area contributed by atoms with Crippen LogP contribution in [0.25, 0.3) is 0 Å². The number of carboxylic acids is 1. The molecule has 3 amide bonds. The summed E-state index contributed by atoms with van der Waals surface area (Å²) in [6.45, 7) is 4.58. The third-order valence-corrected chi connectivity index (χ3v) is 6.77. The van der Waals surface area contributed by atoms with E-state index in [-0.39, 0.29) is 31.0 Å². The Labute approximate surface area is 244 Å². The van der Waals surface area contributed by atoms with Crippen molar-refractivity contribution in [3.63, 3.8) is 0 Å². The minimum absolute atomic E-state index is 0.0561. The first-order chi connectivity index (χ1) is 20.1. The van der Waals surface area contributed by atoms with E-state index < -0.39 is 83.5 Å². The lowest BCUT2D eigenvalue weighted by molar-refractivity contribution is -0.145. The molecule has 0 saturated carbocycles. The number of rotatable bonds is 9. The largest absolute Gasteiger partial charge is 0.481 e. The average Bonchev–Trinajstić information content (AvgIpc) is 2.94. The second-order valence-electron chi connectivity index (χ2n) is 11.1.